The summed E-state index contributed by atoms with van der Waals surface area (Å²) in [6.07, 6.45) is 6.40. The van der Waals surface area contributed by atoms with Gasteiger partial charge in [-0.15, -0.1) is 6.58 Å². The molecule has 1 fully saturated rings. The van der Waals surface area contributed by atoms with Crippen molar-refractivity contribution in [1.29, 1.82) is 0 Å². The first-order valence-electron chi connectivity index (χ1n) is 9.30. The molecular weight excluding hydrogens is 398 g/mol. The second-order valence-corrected chi connectivity index (χ2v) is 8.36. The number of esters is 1. The molecule has 0 saturated heterocycles. The smallest absolute Gasteiger partial charge is 0.338 e. The van der Waals surface area contributed by atoms with E-state index in [-0.39, 0.29) is 23.0 Å². The normalized spacial score (nSPS) is 14.6. The van der Waals surface area contributed by atoms with Crippen LogP contribution in [0.15, 0.2) is 41.8 Å². The van der Waals surface area contributed by atoms with Crippen LogP contribution in [0.5, 0.6) is 0 Å². The van der Waals surface area contributed by atoms with Gasteiger partial charge in [0.25, 0.3) is 5.91 Å². The minimum atomic E-state index is -3.70. The second-order valence-electron chi connectivity index (χ2n) is 6.60. The summed E-state index contributed by atoms with van der Waals surface area (Å²) in [5, 5.41) is 4.84. The lowest BCUT2D eigenvalue weighted by Crippen LogP contribution is -2.46. The SMILES string of the molecule is C=CCNS(=O)(=O)c1ccc(C(=O)OCC(=O)NC(=O)NC2CCCCC2)cc1. The number of amides is 3. The zero-order valence-corrected chi connectivity index (χ0v) is 16.8. The number of carbonyl (C=O) groups excluding carboxylic acids is 3. The van der Waals surface area contributed by atoms with E-state index in [1.54, 1.807) is 0 Å². The first-order valence-corrected chi connectivity index (χ1v) is 10.8. The summed E-state index contributed by atoms with van der Waals surface area (Å²) < 4.78 is 31.1. The third-order valence-electron chi connectivity index (χ3n) is 4.35. The summed E-state index contributed by atoms with van der Waals surface area (Å²) in [6.45, 7) is 2.88. The van der Waals surface area contributed by atoms with Crippen LogP contribution < -0.4 is 15.4 Å². The molecule has 3 N–H and O–H groups in total. The molecule has 3 amide bonds. The summed E-state index contributed by atoms with van der Waals surface area (Å²) in [5.41, 5.74) is 0.0760. The van der Waals surface area contributed by atoms with Crippen molar-refractivity contribution >= 4 is 27.9 Å². The highest BCUT2D eigenvalue weighted by atomic mass is 32.2. The summed E-state index contributed by atoms with van der Waals surface area (Å²) in [4.78, 5) is 35.5. The molecule has 0 heterocycles. The molecule has 1 aliphatic carbocycles. The molecular formula is C19H25N3O6S. The minimum absolute atomic E-state index is 0.0203. The molecule has 0 atom stereocenters. The van der Waals surface area contributed by atoms with Gasteiger partial charge in [-0.05, 0) is 37.1 Å². The fourth-order valence-corrected chi connectivity index (χ4v) is 3.87. The number of benzene rings is 1. The number of hydrogen-bond acceptors (Lipinski definition) is 6. The van der Waals surface area contributed by atoms with Gasteiger partial charge in [0, 0.05) is 12.6 Å². The Morgan fingerprint density at radius 3 is 2.38 bits per heavy atom. The maximum atomic E-state index is 12.0. The lowest BCUT2D eigenvalue weighted by atomic mass is 9.96. The molecule has 10 heteroatoms. The highest BCUT2D eigenvalue weighted by Crippen LogP contribution is 2.17. The van der Waals surface area contributed by atoms with E-state index in [4.69, 9.17) is 4.74 Å². The number of nitrogens with one attached hydrogen (secondary N) is 3. The number of urea groups is 1. The summed E-state index contributed by atoms with van der Waals surface area (Å²) in [6, 6.07) is 4.49. The van der Waals surface area contributed by atoms with Crippen LogP contribution in [0.1, 0.15) is 42.5 Å². The van der Waals surface area contributed by atoms with Gasteiger partial charge in [-0.3, -0.25) is 10.1 Å². The number of rotatable bonds is 8. The van der Waals surface area contributed by atoms with Gasteiger partial charge < -0.3 is 10.1 Å². The lowest BCUT2D eigenvalue weighted by molar-refractivity contribution is -0.123. The average Bonchev–Trinajstić information content (AvgIpc) is 2.71. The van der Waals surface area contributed by atoms with Crippen molar-refractivity contribution in [2.24, 2.45) is 0 Å². The first kappa shape index (κ1) is 22.6. The highest BCUT2D eigenvalue weighted by Gasteiger charge is 2.18. The first-order chi connectivity index (χ1) is 13.8. The fraction of sp³-hybridized carbons (Fsp3) is 0.421. The monoisotopic (exact) mass is 423 g/mol. The lowest BCUT2D eigenvalue weighted by Gasteiger charge is -2.22. The molecule has 0 unspecified atom stereocenters. The van der Waals surface area contributed by atoms with Gasteiger partial charge in [-0.2, -0.15) is 0 Å². The Kier molecular flexibility index (Phi) is 8.34. The Morgan fingerprint density at radius 2 is 1.76 bits per heavy atom. The highest BCUT2D eigenvalue weighted by molar-refractivity contribution is 7.89. The van der Waals surface area contributed by atoms with Gasteiger partial charge >= 0.3 is 12.0 Å². The number of hydrogen-bond donors (Lipinski definition) is 3. The number of ether oxygens (including phenoxy) is 1. The Morgan fingerprint density at radius 1 is 1.10 bits per heavy atom. The third-order valence-corrected chi connectivity index (χ3v) is 5.79. The molecule has 0 bridgehead atoms. The number of imide groups is 1. The molecule has 0 aromatic heterocycles. The zero-order chi connectivity index (χ0) is 21.3. The van der Waals surface area contributed by atoms with Crippen LogP contribution in [0.4, 0.5) is 4.79 Å². The molecule has 2 rings (SSSR count). The molecule has 1 saturated carbocycles. The predicted molar refractivity (Wildman–Crippen MR) is 106 cm³/mol. The summed E-state index contributed by atoms with van der Waals surface area (Å²) in [7, 11) is -3.70. The van der Waals surface area contributed by atoms with Gasteiger partial charge in [0.1, 0.15) is 0 Å². The van der Waals surface area contributed by atoms with Crippen LogP contribution in [-0.4, -0.2) is 45.5 Å². The number of sulfonamides is 1. The van der Waals surface area contributed by atoms with Crippen molar-refractivity contribution in [3.63, 3.8) is 0 Å². The van der Waals surface area contributed by atoms with E-state index in [2.05, 4.69) is 21.9 Å². The van der Waals surface area contributed by atoms with E-state index < -0.39 is 34.5 Å². The molecule has 1 aliphatic rings. The quantitative estimate of drug-likeness (QED) is 0.429. The van der Waals surface area contributed by atoms with Crippen molar-refractivity contribution in [3.05, 3.63) is 42.5 Å². The molecule has 0 radical (unpaired) electrons. The van der Waals surface area contributed by atoms with Crippen molar-refractivity contribution in [2.45, 2.75) is 43.0 Å². The van der Waals surface area contributed by atoms with Crippen LogP contribution in [0, 0.1) is 0 Å². The third kappa shape index (κ3) is 7.31. The van der Waals surface area contributed by atoms with Crippen LogP contribution >= 0.6 is 0 Å². The Bertz CT molecular complexity index is 845. The van der Waals surface area contributed by atoms with Crippen molar-refractivity contribution in [2.75, 3.05) is 13.2 Å². The van der Waals surface area contributed by atoms with E-state index >= 15 is 0 Å². The van der Waals surface area contributed by atoms with Gasteiger partial charge in [-0.1, -0.05) is 25.3 Å². The zero-order valence-electron chi connectivity index (χ0n) is 16.0. The number of carbonyl (C=O) groups is 3. The molecule has 29 heavy (non-hydrogen) atoms. The Labute approximate surface area is 169 Å². The van der Waals surface area contributed by atoms with Gasteiger partial charge in [0.2, 0.25) is 10.0 Å². The van der Waals surface area contributed by atoms with Gasteiger partial charge in [0.15, 0.2) is 6.61 Å². The van der Waals surface area contributed by atoms with E-state index in [1.165, 1.54) is 30.3 Å². The van der Waals surface area contributed by atoms with Gasteiger partial charge in [0.05, 0.1) is 10.5 Å². The maximum absolute atomic E-state index is 12.0. The minimum Gasteiger partial charge on any atom is -0.452 e. The summed E-state index contributed by atoms with van der Waals surface area (Å²) >= 11 is 0. The van der Waals surface area contributed by atoms with Crippen LogP contribution in [0.3, 0.4) is 0 Å². The van der Waals surface area contributed by atoms with E-state index in [0.29, 0.717) is 0 Å². The Hall–Kier alpha value is -2.72. The molecule has 9 nitrogen and oxygen atoms in total. The maximum Gasteiger partial charge on any atom is 0.338 e. The van der Waals surface area contributed by atoms with Gasteiger partial charge in [-0.25, -0.2) is 22.7 Å². The molecule has 0 spiro atoms. The molecule has 158 valence electrons. The van der Waals surface area contributed by atoms with E-state index in [1.807, 2.05) is 0 Å². The van der Waals surface area contributed by atoms with Crippen molar-refractivity contribution in [1.82, 2.24) is 15.4 Å². The van der Waals surface area contributed by atoms with Crippen LogP contribution in [0.25, 0.3) is 0 Å². The second kappa shape index (κ2) is 10.7. The fourth-order valence-electron chi connectivity index (χ4n) is 2.87. The molecule has 1 aromatic rings. The van der Waals surface area contributed by atoms with E-state index in [0.717, 1.165) is 32.1 Å². The summed E-state index contributed by atoms with van der Waals surface area (Å²) in [5.74, 6) is -1.56. The van der Waals surface area contributed by atoms with E-state index in [9.17, 15) is 22.8 Å². The van der Waals surface area contributed by atoms with Crippen LogP contribution in [-0.2, 0) is 19.6 Å². The van der Waals surface area contributed by atoms with Crippen molar-refractivity contribution in [3.8, 4) is 0 Å². The van der Waals surface area contributed by atoms with Crippen LogP contribution in [0.2, 0.25) is 0 Å². The standard InChI is InChI=1S/C19H25N3O6S/c1-2-12-20-29(26,27)16-10-8-14(9-11-16)18(24)28-13-17(23)22-19(25)21-15-6-4-3-5-7-15/h2,8-11,15,20H,1,3-7,12-13H2,(H2,21,22,23,25). The topological polar surface area (TPSA) is 131 Å². The average molecular weight is 423 g/mol. The molecule has 1 aromatic carbocycles. The molecule has 0 aliphatic heterocycles. The largest absolute Gasteiger partial charge is 0.452 e. The Balaban J connectivity index is 1.80. The predicted octanol–water partition coefficient (Wildman–Crippen LogP) is 1.47. The van der Waals surface area contributed by atoms with Crippen molar-refractivity contribution < 1.29 is 27.5 Å².